The van der Waals surface area contributed by atoms with Gasteiger partial charge in [-0.3, -0.25) is 14.5 Å². The third-order valence-corrected chi connectivity index (χ3v) is 7.26. The zero-order chi connectivity index (χ0) is 26.0. The van der Waals surface area contributed by atoms with E-state index in [1.807, 2.05) is 0 Å². The molecular formula is C19H24N9O6S2+. The maximum absolute atomic E-state index is 13.0. The number of aromatic nitrogens is 4. The number of carboxylic acids is 1. The monoisotopic (exact) mass is 538 g/mol. The first-order valence-corrected chi connectivity index (χ1v) is 12.5. The van der Waals surface area contributed by atoms with Gasteiger partial charge in [-0.2, -0.15) is 9.36 Å². The van der Waals surface area contributed by atoms with Crippen molar-refractivity contribution in [3.63, 3.8) is 0 Å². The van der Waals surface area contributed by atoms with Crippen molar-refractivity contribution in [2.75, 3.05) is 30.4 Å². The molecule has 0 bridgehead atoms. The molecule has 17 heteroatoms. The first-order chi connectivity index (χ1) is 17.3. The molecule has 0 radical (unpaired) electrons. The largest absolute Gasteiger partial charge is 0.477 e. The number of nitrogen functional groups attached to an aromatic ring is 2. The first kappa shape index (κ1) is 25.4. The van der Waals surface area contributed by atoms with Gasteiger partial charge in [0.1, 0.15) is 30.3 Å². The number of amides is 2. The van der Waals surface area contributed by atoms with Crippen molar-refractivity contribution in [3.05, 3.63) is 29.4 Å². The molecule has 2 aliphatic rings. The lowest BCUT2D eigenvalue weighted by molar-refractivity contribution is -0.767. The molecule has 36 heavy (non-hydrogen) atoms. The van der Waals surface area contributed by atoms with Crippen LogP contribution in [0.3, 0.4) is 0 Å². The number of oxime groups is 1. The number of nitrogens with one attached hydrogen (secondary N) is 1. The number of thioether (sulfide) groups is 1. The van der Waals surface area contributed by atoms with Crippen molar-refractivity contribution in [1.82, 2.24) is 24.3 Å². The topological polar surface area (TPSA) is 215 Å². The Morgan fingerprint density at radius 2 is 2.19 bits per heavy atom. The van der Waals surface area contributed by atoms with E-state index in [1.165, 1.54) is 16.7 Å². The fraction of sp³-hybridized carbons (Fsp3) is 0.421. The number of β-lactam (4-membered cyclic amide) rings is 1. The number of rotatable bonds is 10. The maximum atomic E-state index is 13.0. The predicted molar refractivity (Wildman–Crippen MR) is 128 cm³/mol. The van der Waals surface area contributed by atoms with Gasteiger partial charge in [-0.05, 0) is 6.92 Å². The van der Waals surface area contributed by atoms with Crippen molar-refractivity contribution in [1.29, 1.82) is 0 Å². The Hall–Kier alpha value is -3.70. The second-order valence-corrected chi connectivity index (χ2v) is 9.51. The van der Waals surface area contributed by atoms with Crippen LogP contribution in [0.5, 0.6) is 0 Å². The second-order valence-electron chi connectivity index (χ2n) is 7.62. The lowest BCUT2D eigenvalue weighted by Crippen LogP contribution is -2.71. The Labute approximate surface area is 212 Å². The molecule has 2 aromatic heterocycles. The Balaban J connectivity index is 1.54. The van der Waals surface area contributed by atoms with Crippen LogP contribution < -0.4 is 21.5 Å². The van der Waals surface area contributed by atoms with Crippen LogP contribution in [0.4, 0.5) is 10.9 Å². The van der Waals surface area contributed by atoms with Gasteiger partial charge < -0.3 is 31.8 Å². The van der Waals surface area contributed by atoms with Crippen LogP contribution in [-0.4, -0.2) is 83.0 Å². The Bertz CT molecular complexity index is 1260. The van der Waals surface area contributed by atoms with Crippen molar-refractivity contribution < 1.29 is 34.1 Å². The van der Waals surface area contributed by atoms with Gasteiger partial charge in [0.05, 0.1) is 12.7 Å². The van der Waals surface area contributed by atoms with Gasteiger partial charge in [-0.25, -0.2) is 4.79 Å². The van der Waals surface area contributed by atoms with Crippen molar-refractivity contribution in [3.8, 4) is 0 Å². The number of nitrogens with two attached hydrogens (primary N) is 2. The maximum Gasteiger partial charge on any atom is 0.352 e. The minimum absolute atomic E-state index is 0.0426. The molecule has 0 saturated carbocycles. The Kier molecular flexibility index (Phi) is 7.41. The molecule has 1 saturated heterocycles. The number of aliphatic hydroxyl groups is 1. The molecule has 2 atom stereocenters. The van der Waals surface area contributed by atoms with E-state index < -0.39 is 29.2 Å². The van der Waals surface area contributed by atoms with Crippen molar-refractivity contribution >= 4 is 57.7 Å². The molecule has 7 N–H and O–H groups in total. The number of carbonyl (C=O) groups excluding carboxylic acids is 2. The minimum Gasteiger partial charge on any atom is -0.477 e. The van der Waals surface area contributed by atoms with Gasteiger partial charge in [-0.15, -0.1) is 21.1 Å². The molecule has 4 rings (SSSR count). The molecule has 2 unspecified atom stereocenters. The van der Waals surface area contributed by atoms with E-state index in [2.05, 4.69) is 19.8 Å². The number of aliphatic hydroxyl groups excluding tert-OH is 1. The summed E-state index contributed by atoms with van der Waals surface area (Å²) in [5, 5.41) is 25.1. The van der Waals surface area contributed by atoms with Gasteiger partial charge in [0, 0.05) is 22.9 Å². The van der Waals surface area contributed by atoms with Gasteiger partial charge in [0.25, 0.3) is 11.8 Å². The summed E-state index contributed by atoms with van der Waals surface area (Å²) in [6.07, 6.45) is 1.67. The third-order valence-electron chi connectivity index (χ3n) is 5.38. The molecule has 0 aromatic carbocycles. The number of anilines is 2. The highest BCUT2D eigenvalue weighted by atomic mass is 32.2. The van der Waals surface area contributed by atoms with Crippen LogP contribution in [-0.2, 0) is 32.3 Å². The molecule has 2 aromatic rings. The Morgan fingerprint density at radius 1 is 1.42 bits per heavy atom. The molecule has 0 spiro atoms. The number of nitrogens with zero attached hydrogens (tertiary/aromatic N) is 6. The van der Waals surface area contributed by atoms with E-state index in [-0.39, 0.29) is 48.7 Å². The van der Waals surface area contributed by atoms with E-state index in [9.17, 15) is 24.6 Å². The number of aliphatic carboxylic acids is 1. The highest BCUT2D eigenvalue weighted by Crippen LogP contribution is 2.40. The smallest absolute Gasteiger partial charge is 0.352 e. The molecule has 2 aliphatic heterocycles. The molecule has 4 heterocycles. The van der Waals surface area contributed by atoms with Gasteiger partial charge in [-0.1, -0.05) is 5.16 Å². The highest BCUT2D eigenvalue weighted by molar-refractivity contribution is 8.00. The van der Waals surface area contributed by atoms with E-state index in [0.717, 1.165) is 11.5 Å². The first-order valence-electron chi connectivity index (χ1n) is 10.7. The van der Waals surface area contributed by atoms with E-state index >= 15 is 0 Å². The van der Waals surface area contributed by atoms with Gasteiger partial charge >= 0.3 is 5.97 Å². The van der Waals surface area contributed by atoms with E-state index in [4.69, 9.17) is 16.3 Å². The van der Waals surface area contributed by atoms with Gasteiger partial charge in [0.2, 0.25) is 11.5 Å². The molecule has 192 valence electrons. The number of hydrogen-bond acceptors (Lipinski definition) is 12. The fourth-order valence-corrected chi connectivity index (χ4v) is 5.59. The molecule has 1 fully saturated rings. The second kappa shape index (κ2) is 10.5. The zero-order valence-electron chi connectivity index (χ0n) is 19.0. The lowest BCUT2D eigenvalue weighted by Gasteiger charge is -2.49. The van der Waals surface area contributed by atoms with Crippen LogP contribution in [0.2, 0.25) is 0 Å². The summed E-state index contributed by atoms with van der Waals surface area (Å²) >= 11 is 2.19. The van der Waals surface area contributed by atoms with Crippen LogP contribution in [0.15, 0.2) is 28.7 Å². The molecular weight excluding hydrogens is 514 g/mol. The number of carboxylic acid groups (broad SMARTS) is 1. The summed E-state index contributed by atoms with van der Waals surface area (Å²) in [6.45, 7) is 2.10. The minimum atomic E-state index is -1.26. The number of carbonyl (C=O) groups is 3. The van der Waals surface area contributed by atoms with Crippen LogP contribution in [0.1, 0.15) is 12.7 Å². The van der Waals surface area contributed by atoms with Crippen molar-refractivity contribution in [2.24, 2.45) is 5.16 Å². The lowest BCUT2D eigenvalue weighted by atomic mass is 10.0. The zero-order valence-corrected chi connectivity index (χ0v) is 20.7. The predicted octanol–water partition coefficient (Wildman–Crippen LogP) is -2.04. The average Bonchev–Trinajstić information content (AvgIpc) is 3.43. The highest BCUT2D eigenvalue weighted by Gasteiger charge is 2.55. The summed E-state index contributed by atoms with van der Waals surface area (Å²) in [4.78, 5) is 48.2. The summed E-state index contributed by atoms with van der Waals surface area (Å²) in [6, 6.07) is 0.657. The molecule has 0 aliphatic carbocycles. The van der Waals surface area contributed by atoms with Gasteiger partial charge in [0.15, 0.2) is 23.7 Å². The third kappa shape index (κ3) is 4.71. The average molecular weight is 539 g/mol. The number of fused-ring (bicyclic) bond motifs is 1. The standard InChI is InChI=1S/C19H23N9O6S2/c1-2-34-24-11(14-23-19(21)36-25-14)15(30)22-12-16(31)28-13(18(32)33)9(8-35-17(12)28)7-26-4-3-10(20)27(26)5-6-29/h3-4,12,17,20,29H,2,5-8H2,1H3,(H4,21,22,23,25,30,32,33)/p+1/b24-11+. The van der Waals surface area contributed by atoms with Crippen LogP contribution >= 0.6 is 23.3 Å². The Morgan fingerprint density at radius 3 is 2.83 bits per heavy atom. The molecule has 15 nitrogen and oxygen atoms in total. The quantitative estimate of drug-likeness (QED) is 0.0961. The van der Waals surface area contributed by atoms with E-state index in [0.29, 0.717) is 17.1 Å². The summed E-state index contributed by atoms with van der Waals surface area (Å²) < 4.78 is 7.26. The summed E-state index contributed by atoms with van der Waals surface area (Å²) in [7, 11) is 0. The van der Waals surface area contributed by atoms with Crippen molar-refractivity contribution in [2.45, 2.75) is 31.4 Å². The fourth-order valence-electron chi connectivity index (χ4n) is 3.82. The molecule has 2 amide bonds. The number of hydrogen-bond donors (Lipinski definition) is 5. The van der Waals surface area contributed by atoms with E-state index in [1.54, 1.807) is 28.6 Å². The summed E-state index contributed by atoms with van der Waals surface area (Å²) in [5.74, 6) is -1.93. The normalized spacial score (nSPS) is 19.7. The SMILES string of the molecule is CCO/N=C(/C(=O)NC1C(=O)N2C(C(=O)O)=C(C[n+]3ccc(N)n3CCO)CSC12)c1nsc(N)n1. The van der Waals surface area contributed by atoms with Crippen LogP contribution in [0, 0.1) is 0 Å². The summed E-state index contributed by atoms with van der Waals surface area (Å²) in [5.41, 5.74) is 11.6. The van der Waals surface area contributed by atoms with Crippen LogP contribution in [0.25, 0.3) is 0 Å².